The van der Waals surface area contributed by atoms with Gasteiger partial charge in [0.1, 0.15) is 0 Å². The molecule has 2 rings (SSSR count). The van der Waals surface area contributed by atoms with Crippen molar-refractivity contribution < 1.29 is 9.47 Å². The van der Waals surface area contributed by atoms with Crippen LogP contribution in [0, 0.1) is 5.41 Å². The van der Waals surface area contributed by atoms with Crippen molar-refractivity contribution in [3.63, 3.8) is 0 Å². The summed E-state index contributed by atoms with van der Waals surface area (Å²) in [4.78, 5) is 2.50. The fraction of sp³-hybridized carbons (Fsp3) is 1.00. The van der Waals surface area contributed by atoms with Gasteiger partial charge in [-0.15, -0.1) is 0 Å². The summed E-state index contributed by atoms with van der Waals surface area (Å²) in [6, 6.07) is 0. The molecule has 0 atom stereocenters. The Morgan fingerprint density at radius 3 is 2.40 bits per heavy atom. The van der Waals surface area contributed by atoms with Gasteiger partial charge in [0.15, 0.2) is 0 Å². The predicted molar refractivity (Wildman–Crippen MR) is 62.2 cm³/mol. The van der Waals surface area contributed by atoms with Crippen molar-refractivity contribution in [2.75, 3.05) is 46.1 Å². The SMILES string of the molecule is CC.CCOCCCN1CC2(COC2)C1. The first-order chi connectivity index (χ1) is 7.35. The molecule has 0 amide bonds. The monoisotopic (exact) mass is 215 g/mol. The van der Waals surface area contributed by atoms with Crippen LogP contribution in [0.5, 0.6) is 0 Å². The zero-order valence-corrected chi connectivity index (χ0v) is 10.4. The zero-order valence-electron chi connectivity index (χ0n) is 10.4. The van der Waals surface area contributed by atoms with Gasteiger partial charge in [-0.25, -0.2) is 0 Å². The van der Waals surface area contributed by atoms with Gasteiger partial charge in [0, 0.05) is 38.3 Å². The molecule has 0 radical (unpaired) electrons. The van der Waals surface area contributed by atoms with Gasteiger partial charge in [-0.2, -0.15) is 0 Å². The Kier molecular flexibility index (Phi) is 5.58. The van der Waals surface area contributed by atoms with Crippen LogP contribution in [0.1, 0.15) is 27.2 Å². The van der Waals surface area contributed by atoms with Crippen molar-refractivity contribution in [2.45, 2.75) is 27.2 Å². The van der Waals surface area contributed by atoms with E-state index >= 15 is 0 Å². The molecule has 0 aromatic carbocycles. The van der Waals surface area contributed by atoms with Crippen LogP contribution in [-0.2, 0) is 9.47 Å². The maximum Gasteiger partial charge on any atom is 0.0569 e. The minimum atomic E-state index is 0.575. The Morgan fingerprint density at radius 1 is 1.27 bits per heavy atom. The van der Waals surface area contributed by atoms with Crippen LogP contribution in [0.2, 0.25) is 0 Å². The fourth-order valence-electron chi connectivity index (χ4n) is 2.17. The molecule has 90 valence electrons. The topological polar surface area (TPSA) is 21.7 Å². The van der Waals surface area contributed by atoms with Crippen molar-refractivity contribution >= 4 is 0 Å². The first-order valence-corrected chi connectivity index (χ1v) is 6.22. The lowest BCUT2D eigenvalue weighted by Gasteiger charge is -2.55. The van der Waals surface area contributed by atoms with Gasteiger partial charge in [0.25, 0.3) is 0 Å². The smallest absolute Gasteiger partial charge is 0.0569 e. The zero-order chi connectivity index (χ0) is 11.1. The molecule has 2 saturated heterocycles. The molecule has 3 heteroatoms. The average Bonchev–Trinajstić information content (AvgIpc) is 2.15. The Morgan fingerprint density at radius 2 is 1.93 bits per heavy atom. The van der Waals surface area contributed by atoms with Crippen molar-refractivity contribution in [1.29, 1.82) is 0 Å². The third-order valence-corrected chi connectivity index (χ3v) is 2.90. The summed E-state index contributed by atoms with van der Waals surface area (Å²) in [5, 5.41) is 0. The fourth-order valence-corrected chi connectivity index (χ4v) is 2.17. The second kappa shape index (κ2) is 6.46. The van der Waals surface area contributed by atoms with E-state index in [2.05, 4.69) is 4.90 Å². The molecular formula is C12H25NO2. The maximum absolute atomic E-state index is 5.29. The average molecular weight is 215 g/mol. The second-order valence-corrected chi connectivity index (χ2v) is 4.25. The third-order valence-electron chi connectivity index (χ3n) is 2.90. The summed E-state index contributed by atoms with van der Waals surface area (Å²) in [6.45, 7) is 13.5. The number of likely N-dealkylation sites (tertiary alicyclic amines) is 1. The molecule has 2 fully saturated rings. The van der Waals surface area contributed by atoms with Crippen LogP contribution >= 0.6 is 0 Å². The molecule has 2 aliphatic rings. The van der Waals surface area contributed by atoms with Gasteiger partial charge in [0.05, 0.1) is 13.2 Å². The van der Waals surface area contributed by atoms with E-state index in [9.17, 15) is 0 Å². The van der Waals surface area contributed by atoms with Crippen molar-refractivity contribution in [3.05, 3.63) is 0 Å². The summed E-state index contributed by atoms with van der Waals surface area (Å²) < 4.78 is 10.5. The lowest BCUT2D eigenvalue weighted by Crippen LogP contribution is -2.65. The predicted octanol–water partition coefficient (Wildman–Crippen LogP) is 1.77. The summed E-state index contributed by atoms with van der Waals surface area (Å²) in [5.41, 5.74) is 0.575. The summed E-state index contributed by atoms with van der Waals surface area (Å²) in [5.74, 6) is 0. The van der Waals surface area contributed by atoms with E-state index in [1.165, 1.54) is 26.1 Å². The van der Waals surface area contributed by atoms with Gasteiger partial charge >= 0.3 is 0 Å². The van der Waals surface area contributed by atoms with E-state index in [1.807, 2.05) is 20.8 Å². The van der Waals surface area contributed by atoms with Crippen LogP contribution in [-0.4, -0.2) is 51.0 Å². The van der Waals surface area contributed by atoms with E-state index in [0.29, 0.717) is 5.41 Å². The molecule has 3 nitrogen and oxygen atoms in total. The van der Waals surface area contributed by atoms with Gasteiger partial charge in [-0.1, -0.05) is 13.8 Å². The number of nitrogens with zero attached hydrogens (tertiary/aromatic N) is 1. The van der Waals surface area contributed by atoms with E-state index in [0.717, 1.165) is 26.4 Å². The molecule has 0 saturated carbocycles. The summed E-state index contributed by atoms with van der Waals surface area (Å²) >= 11 is 0. The highest BCUT2D eigenvalue weighted by atomic mass is 16.5. The van der Waals surface area contributed by atoms with Crippen LogP contribution in [0.3, 0.4) is 0 Å². The standard InChI is InChI=1S/C10H19NO2.C2H6/c1-2-12-5-3-4-11-6-10(7-11)8-13-9-10;1-2/h2-9H2,1H3;1-2H3. The Bertz CT molecular complexity index is 161. The minimum absolute atomic E-state index is 0.575. The number of hydrogen-bond donors (Lipinski definition) is 0. The first kappa shape index (κ1) is 12.9. The molecule has 0 aromatic rings. The molecule has 2 heterocycles. The Labute approximate surface area is 93.7 Å². The normalized spacial score (nSPS) is 22.6. The molecule has 15 heavy (non-hydrogen) atoms. The van der Waals surface area contributed by atoms with Gasteiger partial charge in [-0.3, -0.25) is 0 Å². The summed E-state index contributed by atoms with van der Waals surface area (Å²) in [7, 11) is 0. The van der Waals surface area contributed by atoms with Gasteiger partial charge in [-0.05, 0) is 13.3 Å². The molecule has 0 aromatic heterocycles. The van der Waals surface area contributed by atoms with Crippen LogP contribution in [0.25, 0.3) is 0 Å². The Balaban J connectivity index is 0.000000531. The highest BCUT2D eigenvalue weighted by Crippen LogP contribution is 2.37. The van der Waals surface area contributed by atoms with E-state index < -0.39 is 0 Å². The molecule has 2 aliphatic heterocycles. The lowest BCUT2D eigenvalue weighted by molar-refractivity contribution is -0.189. The highest BCUT2D eigenvalue weighted by Gasteiger charge is 2.48. The van der Waals surface area contributed by atoms with Crippen LogP contribution in [0.4, 0.5) is 0 Å². The quantitative estimate of drug-likeness (QED) is 0.652. The minimum Gasteiger partial charge on any atom is -0.382 e. The van der Waals surface area contributed by atoms with Gasteiger partial charge < -0.3 is 14.4 Å². The van der Waals surface area contributed by atoms with Gasteiger partial charge in [0.2, 0.25) is 0 Å². The van der Waals surface area contributed by atoms with E-state index in [4.69, 9.17) is 9.47 Å². The van der Waals surface area contributed by atoms with Crippen molar-refractivity contribution in [3.8, 4) is 0 Å². The number of ether oxygens (including phenoxy) is 2. The van der Waals surface area contributed by atoms with E-state index in [-0.39, 0.29) is 0 Å². The lowest BCUT2D eigenvalue weighted by atomic mass is 9.78. The second-order valence-electron chi connectivity index (χ2n) is 4.25. The third kappa shape index (κ3) is 3.44. The van der Waals surface area contributed by atoms with E-state index in [1.54, 1.807) is 0 Å². The van der Waals surface area contributed by atoms with Crippen LogP contribution in [0.15, 0.2) is 0 Å². The molecule has 0 aliphatic carbocycles. The van der Waals surface area contributed by atoms with Crippen molar-refractivity contribution in [1.82, 2.24) is 4.90 Å². The van der Waals surface area contributed by atoms with Crippen LogP contribution < -0.4 is 0 Å². The first-order valence-electron chi connectivity index (χ1n) is 6.22. The molecule has 0 unspecified atom stereocenters. The molecule has 0 bridgehead atoms. The maximum atomic E-state index is 5.29. The highest BCUT2D eigenvalue weighted by molar-refractivity contribution is 4.99. The summed E-state index contributed by atoms with van der Waals surface area (Å²) in [6.07, 6.45) is 1.17. The molecule has 1 spiro atoms. The largest absolute Gasteiger partial charge is 0.382 e. The molecule has 0 N–H and O–H groups in total. The number of rotatable bonds is 5. The van der Waals surface area contributed by atoms with Crippen molar-refractivity contribution in [2.24, 2.45) is 5.41 Å². The molecular weight excluding hydrogens is 190 g/mol. The number of hydrogen-bond acceptors (Lipinski definition) is 3. The Hall–Kier alpha value is -0.120.